The Bertz CT molecular complexity index is 470. The van der Waals surface area contributed by atoms with Crippen molar-refractivity contribution in [2.75, 3.05) is 0 Å². The largest absolute Gasteiger partial charge is 0.227 e. The van der Waals surface area contributed by atoms with Crippen molar-refractivity contribution in [3.63, 3.8) is 0 Å². The van der Waals surface area contributed by atoms with Crippen LogP contribution in [0.4, 0.5) is 0 Å². The normalized spacial score (nSPS) is 47.5. The van der Waals surface area contributed by atoms with E-state index in [1.807, 2.05) is 0 Å². The third-order valence-corrected chi connectivity index (χ3v) is 7.20. The molecule has 0 atom stereocenters. The summed E-state index contributed by atoms with van der Waals surface area (Å²) in [5.41, 5.74) is 0.170. The highest BCUT2D eigenvalue weighted by molar-refractivity contribution is 5.68. The fraction of sp³-hybridized carbons (Fsp3) is 1.00. The minimum absolute atomic E-state index is 0.0544. The Balaban J connectivity index is 2.35. The summed E-state index contributed by atoms with van der Waals surface area (Å²) < 4.78 is 0. The van der Waals surface area contributed by atoms with E-state index in [1.54, 1.807) is 0 Å². The van der Waals surface area contributed by atoms with Crippen molar-refractivity contribution in [2.24, 2.45) is 32.5 Å². The molecule has 0 N–H and O–H groups in total. The summed E-state index contributed by atoms with van der Waals surface area (Å²) in [7, 11) is 0. The van der Waals surface area contributed by atoms with Gasteiger partial charge in [-0.1, -0.05) is 83.1 Å². The molecule has 2 heterocycles. The molecule has 2 bridgehead atoms. The maximum absolute atomic E-state index is 6.31. The van der Waals surface area contributed by atoms with Crippen molar-refractivity contribution in [3.8, 4) is 0 Å². The molecule has 4 fully saturated rings. The van der Waals surface area contributed by atoms with E-state index in [0.29, 0.717) is 0 Å². The maximum atomic E-state index is 6.31. The fourth-order valence-corrected chi connectivity index (χ4v) is 7.61. The summed E-state index contributed by atoms with van der Waals surface area (Å²) in [5.74, 6) is 0. The monoisotopic (exact) mass is 308 g/mol. The Morgan fingerprint density at radius 1 is 0.409 bits per heavy atom. The summed E-state index contributed by atoms with van der Waals surface area (Å²) in [6, 6.07) is 0. The van der Waals surface area contributed by atoms with Crippen LogP contribution in [-0.2, 0) is 9.78 Å². The SMILES string of the molecule is CC(C)(C)C12OOC3(C(C)(C)C)C1(C(C)(C)C)C23C(C)(C)C. The molecule has 2 aliphatic carbocycles. The second-order valence-corrected chi connectivity index (χ2v) is 12.0. The molecule has 2 saturated carbocycles. The molecule has 4 rings (SSSR count). The minimum Gasteiger partial charge on any atom is -0.227 e. The van der Waals surface area contributed by atoms with Gasteiger partial charge in [0.2, 0.25) is 0 Å². The van der Waals surface area contributed by atoms with Gasteiger partial charge in [-0.15, -0.1) is 0 Å². The first kappa shape index (κ1) is 16.8. The van der Waals surface area contributed by atoms with E-state index < -0.39 is 0 Å². The molecule has 0 unspecified atom stereocenters. The summed E-state index contributed by atoms with van der Waals surface area (Å²) in [6.45, 7) is 28.2. The highest BCUT2D eigenvalue weighted by atomic mass is 17.2. The van der Waals surface area contributed by atoms with Gasteiger partial charge in [0.15, 0.2) is 0 Å². The van der Waals surface area contributed by atoms with Gasteiger partial charge >= 0.3 is 0 Å². The Morgan fingerprint density at radius 3 is 0.773 bits per heavy atom. The lowest BCUT2D eigenvalue weighted by molar-refractivity contribution is -0.321. The van der Waals surface area contributed by atoms with Gasteiger partial charge in [-0.3, -0.25) is 0 Å². The average Bonchev–Trinajstić information content (AvgIpc) is 2.85. The highest BCUT2D eigenvalue weighted by Crippen LogP contribution is 3.14. The third kappa shape index (κ3) is 1.01. The van der Waals surface area contributed by atoms with Crippen LogP contribution in [0, 0.1) is 32.5 Å². The molecule has 4 aliphatic rings. The van der Waals surface area contributed by atoms with E-state index >= 15 is 0 Å². The molecule has 2 nitrogen and oxygen atoms in total. The molecule has 0 amide bonds. The van der Waals surface area contributed by atoms with Gasteiger partial charge in [-0.05, 0) is 21.7 Å². The van der Waals surface area contributed by atoms with Crippen molar-refractivity contribution in [1.29, 1.82) is 0 Å². The first-order chi connectivity index (χ1) is 9.46. The lowest BCUT2D eigenvalue weighted by Gasteiger charge is -2.47. The van der Waals surface area contributed by atoms with Crippen molar-refractivity contribution < 1.29 is 9.78 Å². The molecule has 2 saturated heterocycles. The van der Waals surface area contributed by atoms with E-state index in [0.717, 1.165) is 0 Å². The van der Waals surface area contributed by atoms with Crippen molar-refractivity contribution in [1.82, 2.24) is 0 Å². The van der Waals surface area contributed by atoms with Crippen molar-refractivity contribution in [3.05, 3.63) is 0 Å². The molecule has 0 radical (unpaired) electrons. The predicted octanol–water partition coefficient (Wildman–Crippen LogP) is 5.61. The molecular formula is C20H36O2. The molecule has 0 aromatic heterocycles. The third-order valence-electron chi connectivity index (χ3n) is 7.20. The molecule has 0 spiro atoms. The maximum Gasteiger partial charge on any atom is 0.128 e. The standard InChI is InChI=1S/C20H36O2/c1-13(2,3)17-18(14(4,5)6)19(17,15(7,8)9)21-22-20(17,18)16(10,11)12/h1-12H3. The molecule has 0 aromatic rings. The smallest absolute Gasteiger partial charge is 0.128 e. The topological polar surface area (TPSA) is 18.5 Å². The van der Waals surface area contributed by atoms with Gasteiger partial charge < -0.3 is 0 Å². The van der Waals surface area contributed by atoms with E-state index in [-0.39, 0.29) is 43.7 Å². The second kappa shape index (κ2) is 3.33. The van der Waals surface area contributed by atoms with E-state index in [1.165, 1.54) is 0 Å². The highest BCUT2D eigenvalue weighted by Gasteiger charge is 3.25. The zero-order chi connectivity index (χ0) is 17.4. The van der Waals surface area contributed by atoms with Crippen molar-refractivity contribution in [2.45, 2.75) is 94.3 Å². The number of hydrogen-bond acceptors (Lipinski definition) is 2. The van der Waals surface area contributed by atoms with Gasteiger partial charge in [-0.2, -0.15) is 0 Å². The first-order valence-electron chi connectivity index (χ1n) is 8.82. The quantitative estimate of drug-likeness (QED) is 0.541. The zero-order valence-corrected chi connectivity index (χ0v) is 16.8. The van der Waals surface area contributed by atoms with Gasteiger partial charge in [0.1, 0.15) is 11.2 Å². The van der Waals surface area contributed by atoms with Gasteiger partial charge in [-0.25, -0.2) is 9.78 Å². The van der Waals surface area contributed by atoms with E-state index in [9.17, 15) is 0 Å². The summed E-state index contributed by atoms with van der Waals surface area (Å²) >= 11 is 0. The summed E-state index contributed by atoms with van der Waals surface area (Å²) in [6.07, 6.45) is 0. The molecule has 2 aliphatic heterocycles. The minimum atomic E-state index is -0.184. The van der Waals surface area contributed by atoms with Crippen LogP contribution < -0.4 is 0 Å². The van der Waals surface area contributed by atoms with Gasteiger partial charge in [0, 0.05) is 0 Å². The van der Waals surface area contributed by atoms with Gasteiger partial charge in [0.05, 0.1) is 10.8 Å². The Labute approximate surface area is 137 Å². The van der Waals surface area contributed by atoms with Crippen LogP contribution in [-0.4, -0.2) is 11.2 Å². The van der Waals surface area contributed by atoms with Crippen LogP contribution in [0.3, 0.4) is 0 Å². The first-order valence-corrected chi connectivity index (χ1v) is 8.82. The molecule has 128 valence electrons. The van der Waals surface area contributed by atoms with Gasteiger partial charge in [0.25, 0.3) is 0 Å². The average molecular weight is 309 g/mol. The lowest BCUT2D eigenvalue weighted by atomic mass is 9.56. The lowest BCUT2D eigenvalue weighted by Crippen LogP contribution is -2.56. The second-order valence-electron chi connectivity index (χ2n) is 12.0. The van der Waals surface area contributed by atoms with Crippen LogP contribution >= 0.6 is 0 Å². The molecule has 2 heteroatoms. The summed E-state index contributed by atoms with van der Waals surface area (Å²) in [4.78, 5) is 12.6. The van der Waals surface area contributed by atoms with Crippen LogP contribution in [0.1, 0.15) is 83.1 Å². The number of rotatable bonds is 0. The van der Waals surface area contributed by atoms with E-state index in [2.05, 4.69) is 83.1 Å². The molecular weight excluding hydrogens is 272 g/mol. The Kier molecular flexibility index (Phi) is 2.54. The Hall–Kier alpha value is -0.0800. The predicted molar refractivity (Wildman–Crippen MR) is 90.3 cm³/mol. The van der Waals surface area contributed by atoms with Crippen molar-refractivity contribution >= 4 is 0 Å². The number of fused-ring (bicyclic) bond motifs is 1. The zero-order valence-electron chi connectivity index (χ0n) is 16.8. The summed E-state index contributed by atoms with van der Waals surface area (Å²) in [5, 5.41) is 0. The van der Waals surface area contributed by atoms with Crippen LogP contribution in [0.15, 0.2) is 0 Å². The molecule has 22 heavy (non-hydrogen) atoms. The fourth-order valence-electron chi connectivity index (χ4n) is 7.61. The van der Waals surface area contributed by atoms with Crippen LogP contribution in [0.25, 0.3) is 0 Å². The van der Waals surface area contributed by atoms with Crippen LogP contribution in [0.2, 0.25) is 0 Å². The Morgan fingerprint density at radius 2 is 0.636 bits per heavy atom. The van der Waals surface area contributed by atoms with E-state index in [4.69, 9.17) is 9.78 Å². The molecule has 0 aromatic carbocycles. The van der Waals surface area contributed by atoms with Crippen LogP contribution in [0.5, 0.6) is 0 Å². The number of hydrogen-bond donors (Lipinski definition) is 0.